The van der Waals surface area contributed by atoms with Crippen LogP contribution in [0.5, 0.6) is 0 Å². The molecule has 138 valence electrons. The first-order valence-electron chi connectivity index (χ1n) is 8.73. The molecule has 2 amide bonds. The summed E-state index contributed by atoms with van der Waals surface area (Å²) < 4.78 is 12.9. The lowest BCUT2D eigenvalue weighted by atomic mass is 10.1. The van der Waals surface area contributed by atoms with E-state index in [9.17, 15) is 14.0 Å². The molecule has 2 N–H and O–H groups in total. The molecule has 0 aliphatic rings. The second-order valence-corrected chi connectivity index (χ2v) is 6.48. The van der Waals surface area contributed by atoms with Gasteiger partial charge in [0.2, 0.25) is 0 Å². The van der Waals surface area contributed by atoms with Crippen molar-refractivity contribution in [2.45, 2.75) is 26.7 Å². The summed E-state index contributed by atoms with van der Waals surface area (Å²) in [5.74, 6) is -0.414. The van der Waals surface area contributed by atoms with Crippen molar-refractivity contribution in [3.05, 3.63) is 65.2 Å². The van der Waals surface area contributed by atoms with E-state index in [1.807, 2.05) is 0 Å². The van der Waals surface area contributed by atoms with Gasteiger partial charge in [0.15, 0.2) is 0 Å². The third-order valence-electron chi connectivity index (χ3n) is 3.83. The number of rotatable bonds is 8. The maximum atomic E-state index is 12.9. The van der Waals surface area contributed by atoms with Crippen LogP contribution in [0.2, 0.25) is 0 Å². The number of carbonyl (C=O) groups excluding carboxylic acids is 2. The van der Waals surface area contributed by atoms with Gasteiger partial charge in [0, 0.05) is 13.1 Å². The summed E-state index contributed by atoms with van der Waals surface area (Å²) in [4.78, 5) is 28.4. The summed E-state index contributed by atoms with van der Waals surface area (Å²) in [5, 5.41) is 5.56. The molecule has 0 aliphatic carbocycles. The van der Waals surface area contributed by atoms with Crippen LogP contribution in [0.15, 0.2) is 42.5 Å². The number of nitrogens with one attached hydrogen (secondary N) is 2. The third kappa shape index (κ3) is 6.27. The lowest BCUT2D eigenvalue weighted by molar-refractivity contribution is 0.0944. The molecule has 1 aromatic carbocycles. The van der Waals surface area contributed by atoms with Crippen LogP contribution in [0.3, 0.4) is 0 Å². The molecule has 1 aromatic heterocycles. The fourth-order valence-electron chi connectivity index (χ4n) is 2.31. The summed E-state index contributed by atoms with van der Waals surface area (Å²) in [6.45, 7) is 5.14. The Hall–Kier alpha value is -2.76. The van der Waals surface area contributed by atoms with Gasteiger partial charge < -0.3 is 10.6 Å². The minimum absolute atomic E-state index is 0.195. The van der Waals surface area contributed by atoms with E-state index in [1.54, 1.807) is 30.3 Å². The van der Waals surface area contributed by atoms with Gasteiger partial charge in [-0.2, -0.15) is 0 Å². The van der Waals surface area contributed by atoms with Gasteiger partial charge in [0.1, 0.15) is 17.2 Å². The standard InChI is InChI=1S/C20H24FN3O2/c1-14(2)10-12-22-19(25)17-4-3-5-18(24-17)20(26)23-13-11-15-6-8-16(21)9-7-15/h3-9,14H,10-13H2,1-2H3,(H,22,25)(H,23,26). The minimum Gasteiger partial charge on any atom is -0.351 e. The average Bonchev–Trinajstić information content (AvgIpc) is 2.63. The number of aromatic nitrogens is 1. The predicted octanol–water partition coefficient (Wildman–Crippen LogP) is 2.97. The Morgan fingerprint density at radius 3 is 2.12 bits per heavy atom. The Morgan fingerprint density at radius 2 is 1.54 bits per heavy atom. The summed E-state index contributed by atoms with van der Waals surface area (Å²) in [6, 6.07) is 10.9. The Labute approximate surface area is 153 Å². The number of nitrogens with zero attached hydrogens (tertiary/aromatic N) is 1. The number of hydrogen-bond acceptors (Lipinski definition) is 3. The van der Waals surface area contributed by atoms with Gasteiger partial charge in [0.25, 0.3) is 11.8 Å². The van der Waals surface area contributed by atoms with Crippen LogP contribution in [0, 0.1) is 11.7 Å². The van der Waals surface area contributed by atoms with E-state index in [-0.39, 0.29) is 29.0 Å². The number of benzene rings is 1. The molecule has 0 saturated carbocycles. The molecule has 0 radical (unpaired) electrons. The zero-order chi connectivity index (χ0) is 18.9. The monoisotopic (exact) mass is 357 g/mol. The van der Waals surface area contributed by atoms with E-state index in [0.717, 1.165) is 12.0 Å². The van der Waals surface area contributed by atoms with E-state index in [0.29, 0.717) is 25.4 Å². The van der Waals surface area contributed by atoms with Gasteiger partial charge in [-0.05, 0) is 48.6 Å². The predicted molar refractivity (Wildman–Crippen MR) is 98.5 cm³/mol. The van der Waals surface area contributed by atoms with E-state index >= 15 is 0 Å². The molecule has 1 heterocycles. The number of halogens is 1. The first-order chi connectivity index (χ1) is 12.5. The lowest BCUT2D eigenvalue weighted by Crippen LogP contribution is -2.29. The molecule has 0 fully saturated rings. The van der Waals surface area contributed by atoms with Gasteiger partial charge in [-0.1, -0.05) is 32.0 Å². The molecule has 0 aliphatic heterocycles. The Kier molecular flexibility index (Phi) is 7.26. The van der Waals surface area contributed by atoms with Crippen LogP contribution >= 0.6 is 0 Å². The van der Waals surface area contributed by atoms with Crippen LogP contribution < -0.4 is 10.6 Å². The summed E-state index contributed by atoms with van der Waals surface area (Å²) in [7, 11) is 0. The maximum absolute atomic E-state index is 12.9. The Balaban J connectivity index is 1.86. The molecule has 0 saturated heterocycles. The number of hydrogen-bond donors (Lipinski definition) is 2. The quantitative estimate of drug-likeness (QED) is 0.763. The fourth-order valence-corrected chi connectivity index (χ4v) is 2.31. The Bertz CT molecular complexity index is 745. The van der Waals surface area contributed by atoms with Crippen molar-refractivity contribution in [2.24, 2.45) is 5.92 Å². The van der Waals surface area contributed by atoms with E-state index in [4.69, 9.17) is 0 Å². The summed E-state index contributed by atoms with van der Waals surface area (Å²) in [5.41, 5.74) is 1.35. The van der Waals surface area contributed by atoms with Crippen LogP contribution in [-0.2, 0) is 6.42 Å². The maximum Gasteiger partial charge on any atom is 0.269 e. The SMILES string of the molecule is CC(C)CCNC(=O)c1cccc(C(=O)NCCc2ccc(F)cc2)n1. The van der Waals surface area contributed by atoms with Gasteiger partial charge in [0.05, 0.1) is 0 Å². The molecule has 26 heavy (non-hydrogen) atoms. The largest absolute Gasteiger partial charge is 0.351 e. The average molecular weight is 357 g/mol. The molecule has 5 nitrogen and oxygen atoms in total. The molecule has 6 heteroatoms. The van der Waals surface area contributed by atoms with Crippen molar-refractivity contribution >= 4 is 11.8 Å². The topological polar surface area (TPSA) is 71.1 Å². The van der Waals surface area contributed by atoms with Crippen molar-refractivity contribution in [3.63, 3.8) is 0 Å². The molecule has 0 atom stereocenters. The molecule has 2 aromatic rings. The van der Waals surface area contributed by atoms with Crippen molar-refractivity contribution < 1.29 is 14.0 Å². The lowest BCUT2D eigenvalue weighted by Gasteiger charge is -2.08. The van der Waals surface area contributed by atoms with Crippen molar-refractivity contribution in [1.82, 2.24) is 15.6 Å². The normalized spacial score (nSPS) is 10.6. The molecular weight excluding hydrogens is 333 g/mol. The molecular formula is C20H24FN3O2. The van der Waals surface area contributed by atoms with E-state index in [1.165, 1.54) is 12.1 Å². The fraction of sp³-hybridized carbons (Fsp3) is 0.350. The summed E-state index contributed by atoms with van der Waals surface area (Å²) in [6.07, 6.45) is 1.47. The van der Waals surface area contributed by atoms with Gasteiger partial charge in [-0.25, -0.2) is 9.37 Å². The Morgan fingerprint density at radius 1 is 0.962 bits per heavy atom. The van der Waals surface area contributed by atoms with E-state index in [2.05, 4.69) is 29.5 Å². The van der Waals surface area contributed by atoms with Crippen LogP contribution in [0.25, 0.3) is 0 Å². The number of pyridine rings is 1. The molecule has 0 unspecified atom stereocenters. The second kappa shape index (κ2) is 9.65. The number of carbonyl (C=O) groups is 2. The van der Waals surface area contributed by atoms with Crippen LogP contribution in [0.4, 0.5) is 4.39 Å². The summed E-state index contributed by atoms with van der Waals surface area (Å²) >= 11 is 0. The third-order valence-corrected chi connectivity index (χ3v) is 3.83. The second-order valence-electron chi connectivity index (χ2n) is 6.48. The first-order valence-corrected chi connectivity index (χ1v) is 8.73. The van der Waals surface area contributed by atoms with E-state index < -0.39 is 0 Å². The highest BCUT2D eigenvalue weighted by Crippen LogP contribution is 2.04. The van der Waals surface area contributed by atoms with Crippen molar-refractivity contribution in [1.29, 1.82) is 0 Å². The first kappa shape index (κ1) is 19.6. The smallest absolute Gasteiger partial charge is 0.269 e. The van der Waals surface area contributed by atoms with Crippen molar-refractivity contribution in [2.75, 3.05) is 13.1 Å². The van der Waals surface area contributed by atoms with Crippen LogP contribution in [-0.4, -0.2) is 29.9 Å². The highest BCUT2D eigenvalue weighted by molar-refractivity contribution is 5.96. The van der Waals surface area contributed by atoms with Crippen LogP contribution in [0.1, 0.15) is 46.8 Å². The molecule has 0 bridgehead atoms. The van der Waals surface area contributed by atoms with Gasteiger partial charge in [-0.15, -0.1) is 0 Å². The zero-order valence-corrected chi connectivity index (χ0v) is 15.1. The highest BCUT2D eigenvalue weighted by Gasteiger charge is 2.12. The highest BCUT2D eigenvalue weighted by atomic mass is 19.1. The van der Waals surface area contributed by atoms with Gasteiger partial charge >= 0.3 is 0 Å². The molecule has 2 rings (SSSR count). The minimum atomic E-state index is -0.344. The van der Waals surface area contributed by atoms with Gasteiger partial charge in [-0.3, -0.25) is 9.59 Å². The van der Waals surface area contributed by atoms with Crippen molar-refractivity contribution in [3.8, 4) is 0 Å². The molecule has 0 spiro atoms. The zero-order valence-electron chi connectivity index (χ0n) is 15.1. The number of amides is 2.